The van der Waals surface area contributed by atoms with Crippen molar-refractivity contribution in [1.29, 1.82) is 0 Å². The van der Waals surface area contributed by atoms with E-state index in [1.54, 1.807) is 6.92 Å². The molecule has 8 heteroatoms. The summed E-state index contributed by atoms with van der Waals surface area (Å²) in [6.45, 7) is 12.5. The van der Waals surface area contributed by atoms with E-state index in [4.69, 9.17) is 9.47 Å². The Labute approximate surface area is 213 Å². The van der Waals surface area contributed by atoms with Crippen molar-refractivity contribution in [3.8, 4) is 5.75 Å². The van der Waals surface area contributed by atoms with Gasteiger partial charge in [-0.05, 0) is 51.0 Å². The van der Waals surface area contributed by atoms with Crippen LogP contribution in [0.5, 0.6) is 5.75 Å². The molecule has 0 aliphatic carbocycles. The first kappa shape index (κ1) is 25.6. The number of benzene rings is 2. The maximum absolute atomic E-state index is 13.2. The van der Waals surface area contributed by atoms with Crippen LogP contribution >= 0.6 is 0 Å². The third-order valence-electron chi connectivity index (χ3n) is 6.85. The predicted octanol–water partition coefficient (Wildman–Crippen LogP) is 3.70. The number of esters is 1. The van der Waals surface area contributed by atoms with Gasteiger partial charge in [0.05, 0.1) is 24.8 Å². The summed E-state index contributed by atoms with van der Waals surface area (Å²) in [5, 5.41) is 5.81. The number of urea groups is 1. The van der Waals surface area contributed by atoms with Gasteiger partial charge in [-0.25, -0.2) is 9.59 Å². The van der Waals surface area contributed by atoms with E-state index < -0.39 is 12.0 Å². The first-order valence-corrected chi connectivity index (χ1v) is 12.7. The molecule has 1 atom stereocenters. The summed E-state index contributed by atoms with van der Waals surface area (Å²) in [7, 11) is 0. The molecule has 1 saturated heterocycles. The monoisotopic (exact) mass is 492 g/mol. The zero-order valence-electron chi connectivity index (χ0n) is 21.6. The molecule has 2 amide bonds. The second-order valence-corrected chi connectivity index (χ2v) is 9.10. The van der Waals surface area contributed by atoms with Crippen LogP contribution < -0.4 is 20.3 Å². The standard InChI is InChI=1S/C28H36N4O4/c1-5-35-24-13-8-7-11-21(24)26-25(27(33)36-6-2)22(29-28(34)30-26)18-31-14-16-32(17-15-31)23-12-9-10-19(3)20(23)4/h7-13,26H,5-6,14-18H2,1-4H3,(H2,29,30,34)/t26-/m0/s1. The highest BCUT2D eigenvalue weighted by Gasteiger charge is 2.36. The fourth-order valence-corrected chi connectivity index (χ4v) is 4.88. The van der Waals surface area contributed by atoms with Gasteiger partial charge in [-0.1, -0.05) is 30.3 Å². The Morgan fingerprint density at radius 1 is 1.00 bits per heavy atom. The fourth-order valence-electron chi connectivity index (χ4n) is 4.88. The number of nitrogens with zero attached hydrogens (tertiary/aromatic N) is 2. The fraction of sp³-hybridized carbons (Fsp3) is 0.429. The van der Waals surface area contributed by atoms with Crippen molar-refractivity contribution in [2.75, 3.05) is 50.8 Å². The maximum atomic E-state index is 13.2. The summed E-state index contributed by atoms with van der Waals surface area (Å²) >= 11 is 0. The number of aryl methyl sites for hydroxylation is 1. The van der Waals surface area contributed by atoms with Crippen molar-refractivity contribution in [3.63, 3.8) is 0 Å². The van der Waals surface area contributed by atoms with Crippen molar-refractivity contribution < 1.29 is 19.1 Å². The summed E-state index contributed by atoms with van der Waals surface area (Å²) in [5.41, 5.74) is 5.59. The topological polar surface area (TPSA) is 83.1 Å². The molecule has 8 nitrogen and oxygen atoms in total. The molecular weight excluding hydrogens is 456 g/mol. The number of ether oxygens (including phenoxy) is 2. The van der Waals surface area contributed by atoms with Gasteiger partial charge in [-0.15, -0.1) is 0 Å². The molecule has 2 aliphatic rings. The molecule has 0 saturated carbocycles. The molecule has 2 N–H and O–H groups in total. The third kappa shape index (κ3) is 5.49. The molecule has 0 unspecified atom stereocenters. The van der Waals surface area contributed by atoms with Gasteiger partial charge in [0.2, 0.25) is 0 Å². The summed E-state index contributed by atoms with van der Waals surface area (Å²) in [6.07, 6.45) is 0. The number of anilines is 1. The second kappa shape index (κ2) is 11.5. The Bertz CT molecular complexity index is 1140. The molecule has 192 valence electrons. The van der Waals surface area contributed by atoms with Gasteiger partial charge in [0, 0.05) is 49.7 Å². The lowest BCUT2D eigenvalue weighted by molar-refractivity contribution is -0.139. The summed E-state index contributed by atoms with van der Waals surface area (Å²) in [5.74, 6) is 0.195. The highest BCUT2D eigenvalue weighted by Crippen LogP contribution is 2.34. The Morgan fingerprint density at radius 2 is 1.75 bits per heavy atom. The van der Waals surface area contributed by atoms with Gasteiger partial charge in [0.1, 0.15) is 5.75 Å². The van der Waals surface area contributed by atoms with Crippen molar-refractivity contribution in [2.45, 2.75) is 33.7 Å². The highest BCUT2D eigenvalue weighted by molar-refractivity contribution is 5.95. The van der Waals surface area contributed by atoms with Gasteiger partial charge in [-0.2, -0.15) is 0 Å². The van der Waals surface area contributed by atoms with E-state index in [-0.39, 0.29) is 12.6 Å². The van der Waals surface area contributed by atoms with Crippen LogP contribution in [0.3, 0.4) is 0 Å². The first-order chi connectivity index (χ1) is 17.4. The summed E-state index contributed by atoms with van der Waals surface area (Å²) in [6, 6.07) is 12.9. The number of piperazine rings is 1. The van der Waals surface area contributed by atoms with E-state index in [9.17, 15) is 9.59 Å². The summed E-state index contributed by atoms with van der Waals surface area (Å²) < 4.78 is 11.2. The Hall–Kier alpha value is -3.52. The smallest absolute Gasteiger partial charge is 0.338 e. The molecule has 0 aromatic heterocycles. The highest BCUT2D eigenvalue weighted by atomic mass is 16.5. The van der Waals surface area contributed by atoms with Crippen LogP contribution in [0, 0.1) is 13.8 Å². The third-order valence-corrected chi connectivity index (χ3v) is 6.85. The number of hydrogen-bond donors (Lipinski definition) is 2. The van der Waals surface area contributed by atoms with E-state index in [0.29, 0.717) is 30.2 Å². The molecular formula is C28H36N4O4. The average molecular weight is 493 g/mol. The molecule has 0 bridgehead atoms. The lowest BCUT2D eigenvalue weighted by Gasteiger charge is -2.38. The number of carbonyl (C=O) groups excluding carboxylic acids is 2. The Balaban J connectivity index is 1.59. The number of rotatable bonds is 8. The van der Waals surface area contributed by atoms with Gasteiger partial charge in [0.15, 0.2) is 0 Å². The minimum absolute atomic E-state index is 0.248. The molecule has 2 heterocycles. The number of nitrogens with one attached hydrogen (secondary N) is 2. The van der Waals surface area contributed by atoms with Crippen LogP contribution in [-0.2, 0) is 9.53 Å². The van der Waals surface area contributed by atoms with Gasteiger partial charge in [-0.3, -0.25) is 4.90 Å². The SMILES string of the molecule is CCOC(=O)C1=C(CN2CCN(c3cccc(C)c3C)CC2)NC(=O)N[C@H]1c1ccccc1OCC. The molecule has 36 heavy (non-hydrogen) atoms. The largest absolute Gasteiger partial charge is 0.494 e. The van der Waals surface area contributed by atoms with Gasteiger partial charge < -0.3 is 25.0 Å². The van der Waals surface area contributed by atoms with Crippen LogP contribution in [-0.4, -0.2) is 62.8 Å². The zero-order valence-corrected chi connectivity index (χ0v) is 21.6. The normalized spacial score (nSPS) is 18.5. The lowest BCUT2D eigenvalue weighted by Crippen LogP contribution is -2.52. The van der Waals surface area contributed by atoms with Crippen molar-refractivity contribution >= 4 is 17.7 Å². The van der Waals surface area contributed by atoms with E-state index in [0.717, 1.165) is 31.7 Å². The Kier molecular flexibility index (Phi) is 8.15. The molecule has 2 aromatic rings. The lowest BCUT2D eigenvalue weighted by atomic mass is 9.94. The molecule has 1 fully saturated rings. The molecule has 2 aliphatic heterocycles. The summed E-state index contributed by atoms with van der Waals surface area (Å²) in [4.78, 5) is 30.6. The van der Waals surface area contributed by atoms with Crippen LogP contribution in [0.2, 0.25) is 0 Å². The molecule has 0 radical (unpaired) electrons. The first-order valence-electron chi connectivity index (χ1n) is 12.7. The van der Waals surface area contributed by atoms with E-state index in [1.165, 1.54) is 16.8 Å². The quantitative estimate of drug-likeness (QED) is 0.547. The number of para-hydroxylation sites is 1. The average Bonchev–Trinajstić information content (AvgIpc) is 2.86. The number of amides is 2. The molecule has 0 spiro atoms. The van der Waals surface area contributed by atoms with Crippen molar-refractivity contribution in [3.05, 3.63) is 70.4 Å². The maximum Gasteiger partial charge on any atom is 0.338 e. The molecule has 4 rings (SSSR count). The second-order valence-electron chi connectivity index (χ2n) is 9.10. The van der Waals surface area contributed by atoms with Gasteiger partial charge in [0.25, 0.3) is 0 Å². The van der Waals surface area contributed by atoms with Crippen molar-refractivity contribution in [1.82, 2.24) is 15.5 Å². The van der Waals surface area contributed by atoms with E-state index in [2.05, 4.69) is 52.5 Å². The minimum atomic E-state index is -0.660. The predicted molar refractivity (Wildman–Crippen MR) is 140 cm³/mol. The van der Waals surface area contributed by atoms with Crippen LogP contribution in [0.25, 0.3) is 0 Å². The number of carbonyl (C=O) groups is 2. The Morgan fingerprint density at radius 3 is 2.47 bits per heavy atom. The van der Waals surface area contributed by atoms with Crippen molar-refractivity contribution in [2.24, 2.45) is 0 Å². The molecule has 2 aromatic carbocycles. The van der Waals surface area contributed by atoms with E-state index >= 15 is 0 Å². The minimum Gasteiger partial charge on any atom is -0.494 e. The van der Waals surface area contributed by atoms with Crippen LogP contribution in [0.15, 0.2) is 53.7 Å². The zero-order chi connectivity index (χ0) is 25.7. The van der Waals surface area contributed by atoms with Gasteiger partial charge >= 0.3 is 12.0 Å². The van der Waals surface area contributed by atoms with Crippen LogP contribution in [0.1, 0.15) is 36.6 Å². The number of hydrogen-bond acceptors (Lipinski definition) is 6. The van der Waals surface area contributed by atoms with E-state index in [1.807, 2.05) is 31.2 Å². The van der Waals surface area contributed by atoms with Crippen LogP contribution in [0.4, 0.5) is 10.5 Å².